The van der Waals surface area contributed by atoms with Gasteiger partial charge in [0.1, 0.15) is 0 Å². The van der Waals surface area contributed by atoms with Gasteiger partial charge >= 0.3 is 0 Å². The SMILES string of the molecule is CNC(CCCC(C)C)C(=O)NC(C)(C)C. The lowest BCUT2D eigenvalue weighted by molar-refractivity contribution is -0.124. The molecule has 0 aromatic rings. The molecule has 0 rings (SSSR count). The molecule has 0 aliphatic heterocycles. The molecule has 0 bridgehead atoms. The van der Waals surface area contributed by atoms with E-state index in [1.54, 1.807) is 0 Å². The molecular formula is C13H28N2O. The van der Waals surface area contributed by atoms with Crippen molar-refractivity contribution >= 4 is 5.91 Å². The molecular weight excluding hydrogens is 200 g/mol. The highest BCUT2D eigenvalue weighted by molar-refractivity contribution is 5.82. The second-order valence-corrected chi connectivity index (χ2v) is 5.91. The van der Waals surface area contributed by atoms with E-state index >= 15 is 0 Å². The van der Waals surface area contributed by atoms with Gasteiger partial charge in [0.15, 0.2) is 0 Å². The molecule has 0 aliphatic rings. The Balaban J connectivity index is 4.02. The van der Waals surface area contributed by atoms with E-state index in [-0.39, 0.29) is 17.5 Å². The van der Waals surface area contributed by atoms with Crippen molar-refractivity contribution in [1.29, 1.82) is 0 Å². The minimum absolute atomic E-state index is 0.0574. The number of nitrogens with one attached hydrogen (secondary N) is 2. The van der Waals surface area contributed by atoms with Crippen LogP contribution in [-0.2, 0) is 4.79 Å². The van der Waals surface area contributed by atoms with Crippen LogP contribution in [0.2, 0.25) is 0 Å². The summed E-state index contributed by atoms with van der Waals surface area (Å²) in [7, 11) is 1.85. The maximum absolute atomic E-state index is 11.9. The molecule has 0 radical (unpaired) electrons. The third-order valence-electron chi connectivity index (χ3n) is 2.44. The van der Waals surface area contributed by atoms with Crippen LogP contribution in [0.3, 0.4) is 0 Å². The zero-order valence-electron chi connectivity index (χ0n) is 11.7. The summed E-state index contributed by atoms with van der Waals surface area (Å²) < 4.78 is 0. The van der Waals surface area contributed by atoms with Crippen LogP contribution in [0.25, 0.3) is 0 Å². The first-order chi connectivity index (χ1) is 7.26. The molecule has 2 N–H and O–H groups in total. The van der Waals surface area contributed by atoms with Crippen LogP contribution >= 0.6 is 0 Å². The van der Waals surface area contributed by atoms with Crippen molar-refractivity contribution in [2.45, 2.75) is 65.5 Å². The van der Waals surface area contributed by atoms with Gasteiger partial charge in [-0.3, -0.25) is 4.79 Å². The second-order valence-electron chi connectivity index (χ2n) is 5.91. The lowest BCUT2D eigenvalue weighted by Gasteiger charge is -2.24. The summed E-state index contributed by atoms with van der Waals surface area (Å²) in [5.41, 5.74) is -0.149. The van der Waals surface area contributed by atoms with Crippen molar-refractivity contribution < 1.29 is 4.79 Å². The van der Waals surface area contributed by atoms with E-state index in [1.165, 1.54) is 6.42 Å². The van der Waals surface area contributed by atoms with Gasteiger partial charge in [0.25, 0.3) is 0 Å². The molecule has 3 nitrogen and oxygen atoms in total. The molecule has 0 saturated carbocycles. The smallest absolute Gasteiger partial charge is 0.237 e. The molecule has 0 aliphatic carbocycles. The Kier molecular flexibility index (Phi) is 6.65. The van der Waals surface area contributed by atoms with Crippen molar-refractivity contribution in [2.24, 2.45) is 5.92 Å². The van der Waals surface area contributed by atoms with E-state index in [0.29, 0.717) is 5.92 Å². The number of amides is 1. The summed E-state index contributed by atoms with van der Waals surface area (Å²) in [5, 5.41) is 6.09. The molecule has 0 aromatic carbocycles. The quantitative estimate of drug-likeness (QED) is 0.732. The van der Waals surface area contributed by atoms with Crippen LogP contribution < -0.4 is 10.6 Å². The molecule has 96 valence electrons. The van der Waals surface area contributed by atoms with Crippen LogP contribution in [0.5, 0.6) is 0 Å². The van der Waals surface area contributed by atoms with Gasteiger partial charge in [-0.1, -0.05) is 26.7 Å². The molecule has 0 spiro atoms. The van der Waals surface area contributed by atoms with E-state index in [1.807, 2.05) is 27.8 Å². The second kappa shape index (κ2) is 6.89. The highest BCUT2D eigenvalue weighted by Gasteiger charge is 2.20. The Hall–Kier alpha value is -0.570. The van der Waals surface area contributed by atoms with Gasteiger partial charge in [0, 0.05) is 5.54 Å². The maximum Gasteiger partial charge on any atom is 0.237 e. The first kappa shape index (κ1) is 15.4. The fourth-order valence-corrected chi connectivity index (χ4v) is 1.59. The average Bonchev–Trinajstić information content (AvgIpc) is 2.08. The Bertz CT molecular complexity index is 206. The molecule has 0 saturated heterocycles. The third-order valence-corrected chi connectivity index (χ3v) is 2.44. The number of carbonyl (C=O) groups excluding carboxylic acids is 1. The van der Waals surface area contributed by atoms with E-state index in [0.717, 1.165) is 12.8 Å². The van der Waals surface area contributed by atoms with Gasteiger partial charge in [-0.25, -0.2) is 0 Å². The zero-order valence-corrected chi connectivity index (χ0v) is 11.7. The molecule has 1 amide bonds. The van der Waals surface area contributed by atoms with Crippen molar-refractivity contribution in [3.63, 3.8) is 0 Å². The summed E-state index contributed by atoms with van der Waals surface area (Å²) in [6, 6.07) is -0.0574. The van der Waals surface area contributed by atoms with Crippen molar-refractivity contribution in [3.05, 3.63) is 0 Å². The highest BCUT2D eigenvalue weighted by atomic mass is 16.2. The molecule has 1 atom stereocenters. The number of rotatable bonds is 6. The minimum atomic E-state index is -0.149. The first-order valence-corrected chi connectivity index (χ1v) is 6.25. The van der Waals surface area contributed by atoms with E-state index in [4.69, 9.17) is 0 Å². The van der Waals surface area contributed by atoms with Crippen LogP contribution in [0.15, 0.2) is 0 Å². The molecule has 0 heterocycles. The molecule has 3 heteroatoms. The summed E-state index contributed by atoms with van der Waals surface area (Å²) in [4.78, 5) is 11.9. The Morgan fingerprint density at radius 1 is 1.19 bits per heavy atom. The van der Waals surface area contributed by atoms with Gasteiger partial charge in [0.2, 0.25) is 5.91 Å². The van der Waals surface area contributed by atoms with Crippen LogP contribution in [-0.4, -0.2) is 24.5 Å². The van der Waals surface area contributed by atoms with Gasteiger partial charge in [-0.05, 0) is 40.2 Å². The highest BCUT2D eigenvalue weighted by Crippen LogP contribution is 2.09. The predicted octanol–water partition coefficient (Wildman–Crippen LogP) is 2.32. The standard InChI is InChI=1S/C13H28N2O/c1-10(2)8-7-9-11(14-6)12(16)15-13(3,4)5/h10-11,14H,7-9H2,1-6H3,(H,15,16). The Morgan fingerprint density at radius 3 is 2.12 bits per heavy atom. The largest absolute Gasteiger partial charge is 0.350 e. The average molecular weight is 228 g/mol. The lowest BCUT2D eigenvalue weighted by atomic mass is 10.0. The van der Waals surface area contributed by atoms with Crippen LogP contribution in [0.1, 0.15) is 53.9 Å². The zero-order chi connectivity index (χ0) is 12.8. The van der Waals surface area contributed by atoms with Crippen LogP contribution in [0, 0.1) is 5.92 Å². The first-order valence-electron chi connectivity index (χ1n) is 6.25. The Labute approximate surface area is 100 Å². The van der Waals surface area contributed by atoms with E-state index < -0.39 is 0 Å². The summed E-state index contributed by atoms with van der Waals surface area (Å²) in [6.07, 6.45) is 3.19. The summed E-state index contributed by atoms with van der Waals surface area (Å²) in [6.45, 7) is 10.4. The number of carbonyl (C=O) groups is 1. The minimum Gasteiger partial charge on any atom is -0.350 e. The molecule has 0 fully saturated rings. The molecule has 1 unspecified atom stereocenters. The molecule has 16 heavy (non-hydrogen) atoms. The van der Waals surface area contributed by atoms with Gasteiger partial charge in [0.05, 0.1) is 6.04 Å². The fraction of sp³-hybridized carbons (Fsp3) is 0.923. The number of likely N-dealkylation sites (N-methyl/N-ethyl adjacent to an activating group) is 1. The summed E-state index contributed by atoms with van der Waals surface area (Å²) >= 11 is 0. The third kappa shape index (κ3) is 7.69. The van der Waals surface area contributed by atoms with E-state index in [2.05, 4.69) is 24.5 Å². The normalized spacial score (nSPS) is 13.9. The number of hydrogen-bond acceptors (Lipinski definition) is 2. The van der Waals surface area contributed by atoms with Gasteiger partial charge in [-0.2, -0.15) is 0 Å². The lowest BCUT2D eigenvalue weighted by Crippen LogP contribution is -2.49. The van der Waals surface area contributed by atoms with Crippen molar-refractivity contribution in [1.82, 2.24) is 10.6 Å². The maximum atomic E-state index is 11.9. The number of hydrogen-bond donors (Lipinski definition) is 2. The van der Waals surface area contributed by atoms with Gasteiger partial charge in [-0.15, -0.1) is 0 Å². The molecule has 0 aromatic heterocycles. The predicted molar refractivity (Wildman–Crippen MR) is 69.4 cm³/mol. The fourth-order valence-electron chi connectivity index (χ4n) is 1.59. The monoisotopic (exact) mass is 228 g/mol. The van der Waals surface area contributed by atoms with Crippen molar-refractivity contribution in [3.8, 4) is 0 Å². The topological polar surface area (TPSA) is 41.1 Å². The van der Waals surface area contributed by atoms with Gasteiger partial charge < -0.3 is 10.6 Å². The summed E-state index contributed by atoms with van der Waals surface area (Å²) in [5.74, 6) is 0.821. The van der Waals surface area contributed by atoms with Crippen LogP contribution in [0.4, 0.5) is 0 Å². The van der Waals surface area contributed by atoms with Crippen molar-refractivity contribution in [2.75, 3.05) is 7.05 Å². The van der Waals surface area contributed by atoms with E-state index in [9.17, 15) is 4.79 Å². The Morgan fingerprint density at radius 2 is 1.75 bits per heavy atom.